The molecule has 1 rings (SSSR count). The van der Waals surface area contributed by atoms with Crippen molar-refractivity contribution in [3.8, 4) is 0 Å². The fourth-order valence-electron chi connectivity index (χ4n) is 5.76. The van der Waals surface area contributed by atoms with Crippen molar-refractivity contribution in [2.45, 2.75) is 205 Å². The summed E-state index contributed by atoms with van der Waals surface area (Å²) >= 11 is 0. The number of carbonyl (C=O) groups excluding carboxylic acids is 4. The summed E-state index contributed by atoms with van der Waals surface area (Å²) in [6.45, 7) is 6.41. The zero-order valence-corrected chi connectivity index (χ0v) is 32.7. The van der Waals surface area contributed by atoms with Gasteiger partial charge in [-0.3, -0.25) is 19.2 Å². The van der Waals surface area contributed by atoms with E-state index in [1.807, 2.05) is 20.8 Å². The number of esters is 4. The van der Waals surface area contributed by atoms with Crippen LogP contribution in [0.5, 0.6) is 0 Å². The molecule has 1 unspecified atom stereocenters. The summed E-state index contributed by atoms with van der Waals surface area (Å²) < 4.78 is 34.7. The lowest BCUT2D eigenvalue weighted by Gasteiger charge is -2.45. The summed E-state index contributed by atoms with van der Waals surface area (Å²) in [6.07, 6.45) is -8.86. The summed E-state index contributed by atoms with van der Waals surface area (Å²) in [4.78, 5) is 52.4. The number of hydrogen-bond acceptors (Lipinski definition) is 16. The van der Waals surface area contributed by atoms with E-state index in [9.17, 15) is 49.8 Å². The molecular formula is C38H68O16. The standard InChI is InChI=1S/C38H68O16/c1-5-9-13-14-18-22-30(44)53-36-35(52-29(43)21-17-12-8-4)34(51-28(42)20-16-11-7-3)26(24-49-27(41)19-15-10-6-2)50-38(36)54-37(48)33(47)32(46)31(45)25(40)23-39/h25-26,31-40,45-48H,5-24H2,1-4H3/t25-,26+,31+,32-,33-,34+,35-,36-,37?,38+/m0/s1. The Bertz CT molecular complexity index is 1040. The molecule has 16 nitrogen and oxygen atoms in total. The quantitative estimate of drug-likeness (QED) is 0.0266. The molecule has 0 bridgehead atoms. The average molecular weight is 781 g/mol. The normalized spacial score (nSPS) is 22.7. The van der Waals surface area contributed by atoms with Gasteiger partial charge in [0.15, 0.2) is 24.6 Å². The van der Waals surface area contributed by atoms with Gasteiger partial charge in [0.1, 0.15) is 37.1 Å². The van der Waals surface area contributed by atoms with Gasteiger partial charge in [0.2, 0.25) is 6.29 Å². The molecule has 10 atom stereocenters. The molecule has 54 heavy (non-hydrogen) atoms. The van der Waals surface area contributed by atoms with Crippen molar-refractivity contribution in [2.75, 3.05) is 13.2 Å². The molecule has 316 valence electrons. The lowest BCUT2D eigenvalue weighted by atomic mass is 9.97. The zero-order chi connectivity index (χ0) is 40.5. The monoisotopic (exact) mass is 780 g/mol. The van der Waals surface area contributed by atoms with Gasteiger partial charge >= 0.3 is 23.9 Å². The molecule has 0 saturated carbocycles. The van der Waals surface area contributed by atoms with Crippen molar-refractivity contribution in [3.63, 3.8) is 0 Å². The maximum atomic E-state index is 13.3. The smallest absolute Gasteiger partial charge is 0.306 e. The third kappa shape index (κ3) is 18.9. The van der Waals surface area contributed by atoms with Gasteiger partial charge in [0.05, 0.1) is 6.61 Å². The van der Waals surface area contributed by atoms with Crippen LogP contribution in [0.25, 0.3) is 0 Å². The fourth-order valence-corrected chi connectivity index (χ4v) is 5.76. The first-order valence-electron chi connectivity index (χ1n) is 19.9. The highest BCUT2D eigenvalue weighted by atomic mass is 16.8. The number of aliphatic hydroxyl groups is 6. The Morgan fingerprint density at radius 3 is 1.46 bits per heavy atom. The van der Waals surface area contributed by atoms with Crippen LogP contribution >= 0.6 is 0 Å². The Labute approximate surface area is 319 Å². The summed E-state index contributed by atoms with van der Waals surface area (Å²) in [5.74, 6) is -2.75. The van der Waals surface area contributed by atoms with E-state index in [1.165, 1.54) is 0 Å². The first kappa shape index (κ1) is 49.6. The molecule has 1 heterocycles. The molecule has 0 aromatic carbocycles. The Balaban J connectivity index is 3.64. The molecule has 0 amide bonds. The van der Waals surface area contributed by atoms with Gasteiger partial charge in [-0.15, -0.1) is 0 Å². The molecular weight excluding hydrogens is 712 g/mol. The summed E-state index contributed by atoms with van der Waals surface area (Å²) in [6, 6.07) is 0. The first-order valence-corrected chi connectivity index (χ1v) is 19.9. The Kier molecular flexibility index (Phi) is 26.5. The van der Waals surface area contributed by atoms with Crippen LogP contribution in [-0.4, -0.2) is 129 Å². The summed E-state index contributed by atoms with van der Waals surface area (Å²) in [5.41, 5.74) is 0. The second-order valence-electron chi connectivity index (χ2n) is 13.9. The number of rotatable bonds is 30. The molecule has 0 aliphatic carbocycles. The Morgan fingerprint density at radius 2 is 0.963 bits per heavy atom. The van der Waals surface area contributed by atoms with E-state index < -0.39 is 98.5 Å². The molecule has 1 saturated heterocycles. The summed E-state index contributed by atoms with van der Waals surface area (Å²) in [5, 5.41) is 61.1. The molecule has 0 aromatic heterocycles. The van der Waals surface area contributed by atoms with Gasteiger partial charge < -0.3 is 59.1 Å². The Hall–Kier alpha value is -2.44. The van der Waals surface area contributed by atoms with Crippen molar-refractivity contribution in [1.82, 2.24) is 0 Å². The topological polar surface area (TPSA) is 245 Å². The molecule has 0 aromatic rings. The molecule has 0 spiro atoms. The van der Waals surface area contributed by atoms with E-state index in [4.69, 9.17) is 28.4 Å². The van der Waals surface area contributed by atoms with Crippen LogP contribution in [0.4, 0.5) is 0 Å². The highest BCUT2D eigenvalue weighted by Gasteiger charge is 2.54. The van der Waals surface area contributed by atoms with E-state index in [2.05, 4.69) is 6.92 Å². The number of ether oxygens (including phenoxy) is 6. The second kappa shape index (κ2) is 28.9. The third-order valence-electron chi connectivity index (χ3n) is 9.09. The Morgan fingerprint density at radius 1 is 0.537 bits per heavy atom. The predicted octanol–water partition coefficient (Wildman–Crippen LogP) is 2.86. The SMILES string of the molecule is CCCCCCCC(=O)O[C@@H]1[C@@H](OC(O)[C@@H](O)[C@@H](O)[C@H](O)[C@@H](O)CO)O[C@H](COC(=O)CCCCC)[C@@H](OC(=O)CCCCC)[C@@H]1OC(=O)CCCCC. The van der Waals surface area contributed by atoms with Crippen LogP contribution in [0.3, 0.4) is 0 Å². The minimum Gasteiger partial charge on any atom is -0.463 e. The van der Waals surface area contributed by atoms with Crippen molar-refractivity contribution in [3.05, 3.63) is 0 Å². The van der Waals surface area contributed by atoms with Crippen LogP contribution in [0, 0.1) is 0 Å². The van der Waals surface area contributed by atoms with E-state index in [1.54, 1.807) is 0 Å². The van der Waals surface area contributed by atoms with Crippen LogP contribution in [-0.2, 0) is 47.6 Å². The maximum Gasteiger partial charge on any atom is 0.306 e. The van der Waals surface area contributed by atoms with Crippen LogP contribution in [0.15, 0.2) is 0 Å². The molecule has 1 aliphatic heterocycles. The van der Waals surface area contributed by atoms with Gasteiger partial charge in [0.25, 0.3) is 0 Å². The minimum atomic E-state index is -2.40. The zero-order valence-electron chi connectivity index (χ0n) is 32.7. The summed E-state index contributed by atoms with van der Waals surface area (Å²) in [7, 11) is 0. The van der Waals surface area contributed by atoms with E-state index in [0.717, 1.165) is 57.8 Å². The highest BCUT2D eigenvalue weighted by molar-refractivity contribution is 5.72. The van der Waals surface area contributed by atoms with Crippen molar-refractivity contribution >= 4 is 23.9 Å². The van der Waals surface area contributed by atoms with Crippen LogP contribution < -0.4 is 0 Å². The van der Waals surface area contributed by atoms with E-state index in [0.29, 0.717) is 32.1 Å². The van der Waals surface area contributed by atoms with Crippen molar-refractivity contribution in [1.29, 1.82) is 0 Å². The highest BCUT2D eigenvalue weighted by Crippen LogP contribution is 2.32. The lowest BCUT2D eigenvalue weighted by Crippen LogP contribution is -2.64. The van der Waals surface area contributed by atoms with Gasteiger partial charge in [-0.2, -0.15) is 0 Å². The van der Waals surface area contributed by atoms with Gasteiger partial charge in [-0.1, -0.05) is 91.9 Å². The number of hydrogen-bond donors (Lipinski definition) is 6. The number of carbonyl (C=O) groups is 4. The fraction of sp³-hybridized carbons (Fsp3) is 0.895. The molecule has 16 heteroatoms. The lowest BCUT2D eigenvalue weighted by molar-refractivity contribution is -0.349. The van der Waals surface area contributed by atoms with Crippen LogP contribution in [0.2, 0.25) is 0 Å². The van der Waals surface area contributed by atoms with Gasteiger partial charge in [-0.25, -0.2) is 0 Å². The molecule has 6 N–H and O–H groups in total. The van der Waals surface area contributed by atoms with Crippen molar-refractivity contribution in [2.24, 2.45) is 0 Å². The largest absolute Gasteiger partial charge is 0.463 e. The number of aliphatic hydroxyl groups excluding tert-OH is 6. The van der Waals surface area contributed by atoms with Crippen molar-refractivity contribution < 1.29 is 78.2 Å². The van der Waals surface area contributed by atoms with Crippen LogP contribution in [0.1, 0.15) is 143 Å². The van der Waals surface area contributed by atoms with Gasteiger partial charge in [-0.05, 0) is 25.7 Å². The molecule has 0 radical (unpaired) electrons. The van der Waals surface area contributed by atoms with E-state index in [-0.39, 0.29) is 25.7 Å². The second-order valence-corrected chi connectivity index (χ2v) is 13.9. The maximum absolute atomic E-state index is 13.3. The first-order chi connectivity index (χ1) is 25.8. The van der Waals surface area contributed by atoms with E-state index >= 15 is 0 Å². The molecule has 1 fully saturated rings. The third-order valence-corrected chi connectivity index (χ3v) is 9.09. The molecule has 1 aliphatic rings. The van der Waals surface area contributed by atoms with Gasteiger partial charge in [0, 0.05) is 25.7 Å². The number of unbranched alkanes of at least 4 members (excludes halogenated alkanes) is 10. The average Bonchev–Trinajstić information content (AvgIpc) is 3.15. The minimum absolute atomic E-state index is 0.00200. The predicted molar refractivity (Wildman–Crippen MR) is 193 cm³/mol.